The highest BCUT2D eigenvalue weighted by molar-refractivity contribution is 6.30. The maximum absolute atomic E-state index is 5.81. The number of rotatable bonds is 6. The van der Waals surface area contributed by atoms with Crippen molar-refractivity contribution in [1.29, 1.82) is 0 Å². The Morgan fingerprint density at radius 1 is 1.19 bits per heavy atom. The molecule has 3 heteroatoms. The largest absolute Gasteiger partial charge is 0.373 e. The molecule has 2 nitrogen and oxygen atoms in total. The standard InChI is InChI=1S/C13H20ClNO/c1-10(2)15-8-11(3)16-9-12-4-6-13(14)7-5-12/h4-7,10-11,15H,8-9H2,1-3H3. The summed E-state index contributed by atoms with van der Waals surface area (Å²) in [6.07, 6.45) is 0.220. The summed E-state index contributed by atoms with van der Waals surface area (Å²) < 4.78 is 5.71. The lowest BCUT2D eigenvalue weighted by Gasteiger charge is -2.15. The lowest BCUT2D eigenvalue weighted by Crippen LogP contribution is -2.31. The van der Waals surface area contributed by atoms with Gasteiger partial charge in [-0.3, -0.25) is 0 Å². The van der Waals surface area contributed by atoms with E-state index >= 15 is 0 Å². The number of ether oxygens (including phenoxy) is 1. The third-order valence-corrected chi connectivity index (χ3v) is 2.51. The molecule has 1 unspecified atom stereocenters. The maximum atomic E-state index is 5.81. The van der Waals surface area contributed by atoms with Crippen molar-refractivity contribution in [3.8, 4) is 0 Å². The molecule has 0 bridgehead atoms. The van der Waals surface area contributed by atoms with Crippen LogP contribution in [-0.4, -0.2) is 18.7 Å². The summed E-state index contributed by atoms with van der Waals surface area (Å²) in [5.74, 6) is 0. The first-order valence-corrected chi connectivity index (χ1v) is 6.05. The minimum absolute atomic E-state index is 0.220. The molecule has 1 rings (SSSR count). The van der Waals surface area contributed by atoms with Gasteiger partial charge in [0.1, 0.15) is 0 Å². The van der Waals surface area contributed by atoms with Crippen molar-refractivity contribution in [3.05, 3.63) is 34.9 Å². The lowest BCUT2D eigenvalue weighted by molar-refractivity contribution is 0.0520. The first kappa shape index (κ1) is 13.5. The van der Waals surface area contributed by atoms with Crippen LogP contribution in [-0.2, 0) is 11.3 Å². The molecule has 0 aliphatic carbocycles. The van der Waals surface area contributed by atoms with E-state index in [1.807, 2.05) is 24.3 Å². The first-order chi connectivity index (χ1) is 7.58. The number of hydrogen-bond donors (Lipinski definition) is 1. The number of nitrogens with one attached hydrogen (secondary N) is 1. The van der Waals surface area contributed by atoms with Crippen molar-refractivity contribution in [2.75, 3.05) is 6.54 Å². The second-order valence-electron chi connectivity index (χ2n) is 4.31. The number of hydrogen-bond acceptors (Lipinski definition) is 2. The monoisotopic (exact) mass is 241 g/mol. The Morgan fingerprint density at radius 2 is 1.81 bits per heavy atom. The van der Waals surface area contributed by atoms with E-state index in [1.54, 1.807) is 0 Å². The number of benzene rings is 1. The van der Waals surface area contributed by atoms with Crippen LogP contribution in [0.15, 0.2) is 24.3 Å². The average Bonchev–Trinajstić information content (AvgIpc) is 2.25. The molecule has 0 aliphatic rings. The summed E-state index contributed by atoms with van der Waals surface area (Å²) in [7, 11) is 0. The van der Waals surface area contributed by atoms with Crippen LogP contribution in [0.1, 0.15) is 26.3 Å². The predicted octanol–water partition coefficient (Wildman–Crippen LogP) is 3.24. The van der Waals surface area contributed by atoms with Gasteiger partial charge >= 0.3 is 0 Å². The maximum Gasteiger partial charge on any atom is 0.0721 e. The molecule has 0 aliphatic heterocycles. The van der Waals surface area contributed by atoms with Crippen LogP contribution >= 0.6 is 11.6 Å². The Labute approximate surface area is 103 Å². The zero-order valence-corrected chi connectivity index (χ0v) is 10.9. The van der Waals surface area contributed by atoms with Gasteiger partial charge in [0, 0.05) is 17.6 Å². The molecule has 0 saturated heterocycles. The van der Waals surface area contributed by atoms with Crippen molar-refractivity contribution in [2.45, 2.75) is 39.5 Å². The summed E-state index contributed by atoms with van der Waals surface area (Å²) in [5.41, 5.74) is 1.15. The smallest absolute Gasteiger partial charge is 0.0721 e. The van der Waals surface area contributed by atoms with Gasteiger partial charge < -0.3 is 10.1 Å². The highest BCUT2D eigenvalue weighted by Crippen LogP contribution is 2.10. The zero-order chi connectivity index (χ0) is 12.0. The fourth-order valence-corrected chi connectivity index (χ4v) is 1.41. The Hall–Kier alpha value is -0.570. The molecule has 0 heterocycles. The fraction of sp³-hybridized carbons (Fsp3) is 0.538. The van der Waals surface area contributed by atoms with Gasteiger partial charge in [-0.15, -0.1) is 0 Å². The molecule has 0 amide bonds. The molecular weight excluding hydrogens is 222 g/mol. The molecular formula is C13H20ClNO. The van der Waals surface area contributed by atoms with Gasteiger partial charge in [-0.1, -0.05) is 37.6 Å². The molecule has 0 fully saturated rings. The molecule has 1 atom stereocenters. The highest BCUT2D eigenvalue weighted by Gasteiger charge is 2.03. The molecule has 1 aromatic rings. The normalized spacial score (nSPS) is 13.1. The van der Waals surface area contributed by atoms with Crippen LogP contribution in [0.5, 0.6) is 0 Å². The average molecular weight is 242 g/mol. The fourth-order valence-electron chi connectivity index (χ4n) is 1.28. The van der Waals surface area contributed by atoms with Crippen LogP contribution in [0, 0.1) is 0 Å². The van der Waals surface area contributed by atoms with Crippen LogP contribution in [0.25, 0.3) is 0 Å². The van der Waals surface area contributed by atoms with Crippen molar-refractivity contribution < 1.29 is 4.74 Å². The second-order valence-corrected chi connectivity index (χ2v) is 4.75. The van der Waals surface area contributed by atoms with E-state index in [-0.39, 0.29) is 6.10 Å². The Kier molecular flexibility index (Phi) is 5.81. The van der Waals surface area contributed by atoms with Crippen LogP contribution in [0.4, 0.5) is 0 Å². The van der Waals surface area contributed by atoms with Crippen LogP contribution in [0.3, 0.4) is 0 Å². The first-order valence-electron chi connectivity index (χ1n) is 5.67. The van der Waals surface area contributed by atoms with Crippen molar-refractivity contribution in [3.63, 3.8) is 0 Å². The topological polar surface area (TPSA) is 21.3 Å². The molecule has 0 radical (unpaired) electrons. The SMILES string of the molecule is CC(C)NCC(C)OCc1ccc(Cl)cc1. The molecule has 0 saturated carbocycles. The van der Waals surface area contributed by atoms with Gasteiger partial charge in [0.05, 0.1) is 12.7 Å². The highest BCUT2D eigenvalue weighted by atomic mass is 35.5. The van der Waals surface area contributed by atoms with Crippen molar-refractivity contribution >= 4 is 11.6 Å². The molecule has 1 aromatic carbocycles. The Morgan fingerprint density at radius 3 is 2.38 bits per heavy atom. The summed E-state index contributed by atoms with van der Waals surface area (Å²) in [4.78, 5) is 0. The minimum atomic E-state index is 0.220. The molecule has 90 valence electrons. The zero-order valence-electron chi connectivity index (χ0n) is 10.2. The van der Waals surface area contributed by atoms with Crippen molar-refractivity contribution in [1.82, 2.24) is 5.32 Å². The Bertz CT molecular complexity index is 297. The number of halogens is 1. The Balaban J connectivity index is 2.26. The van der Waals surface area contributed by atoms with Gasteiger partial charge in [0.15, 0.2) is 0 Å². The van der Waals surface area contributed by atoms with Gasteiger partial charge in [-0.25, -0.2) is 0 Å². The molecule has 0 spiro atoms. The molecule has 0 aromatic heterocycles. The summed E-state index contributed by atoms with van der Waals surface area (Å²) in [6.45, 7) is 7.85. The van der Waals surface area contributed by atoms with Crippen molar-refractivity contribution in [2.24, 2.45) is 0 Å². The third-order valence-electron chi connectivity index (χ3n) is 2.26. The van der Waals surface area contributed by atoms with Crippen LogP contribution in [0.2, 0.25) is 5.02 Å². The predicted molar refractivity (Wildman–Crippen MR) is 68.8 cm³/mol. The van der Waals surface area contributed by atoms with Gasteiger partial charge in [-0.05, 0) is 24.6 Å². The van der Waals surface area contributed by atoms with E-state index in [9.17, 15) is 0 Å². The van der Waals surface area contributed by atoms with Gasteiger partial charge in [-0.2, -0.15) is 0 Å². The van der Waals surface area contributed by atoms with Gasteiger partial charge in [0.25, 0.3) is 0 Å². The van der Waals surface area contributed by atoms with E-state index in [0.29, 0.717) is 12.6 Å². The summed E-state index contributed by atoms with van der Waals surface area (Å²) in [6, 6.07) is 8.26. The summed E-state index contributed by atoms with van der Waals surface area (Å²) in [5, 5.41) is 4.11. The van der Waals surface area contributed by atoms with E-state index in [0.717, 1.165) is 17.1 Å². The lowest BCUT2D eigenvalue weighted by atomic mass is 10.2. The van der Waals surface area contributed by atoms with E-state index in [2.05, 4.69) is 26.1 Å². The van der Waals surface area contributed by atoms with E-state index in [1.165, 1.54) is 0 Å². The molecule has 1 N–H and O–H groups in total. The third kappa shape index (κ3) is 5.50. The van der Waals surface area contributed by atoms with E-state index in [4.69, 9.17) is 16.3 Å². The minimum Gasteiger partial charge on any atom is -0.373 e. The quantitative estimate of drug-likeness (QED) is 0.826. The van der Waals surface area contributed by atoms with Crippen LogP contribution < -0.4 is 5.32 Å². The summed E-state index contributed by atoms with van der Waals surface area (Å²) >= 11 is 5.81. The van der Waals surface area contributed by atoms with E-state index < -0.39 is 0 Å². The molecule has 16 heavy (non-hydrogen) atoms. The van der Waals surface area contributed by atoms with Gasteiger partial charge in [0.2, 0.25) is 0 Å². The second kappa shape index (κ2) is 6.89.